The summed E-state index contributed by atoms with van der Waals surface area (Å²) in [5.74, 6) is -0.782. The Balaban J connectivity index is 1.41. The molecular weight excluding hydrogens is 477 g/mol. The van der Waals surface area contributed by atoms with Gasteiger partial charge in [0.15, 0.2) is 12.3 Å². The number of nitrogens with one attached hydrogen (secondary N) is 1. The molecular formula is C22H16ClF3N4O2S. The van der Waals surface area contributed by atoms with Crippen LogP contribution in [0, 0.1) is 0 Å². The van der Waals surface area contributed by atoms with Gasteiger partial charge in [-0.25, -0.2) is 4.98 Å². The highest BCUT2D eigenvalue weighted by molar-refractivity contribution is 7.13. The first-order valence-electron chi connectivity index (χ1n) is 9.63. The minimum absolute atomic E-state index is 0.156. The van der Waals surface area contributed by atoms with Gasteiger partial charge in [0.1, 0.15) is 5.01 Å². The second-order valence-corrected chi connectivity index (χ2v) is 8.07. The van der Waals surface area contributed by atoms with E-state index in [1.54, 1.807) is 12.1 Å². The number of hydrogen-bond acceptors (Lipinski definition) is 5. The predicted molar refractivity (Wildman–Crippen MR) is 118 cm³/mol. The summed E-state index contributed by atoms with van der Waals surface area (Å²) in [6, 6.07) is 16.6. The quantitative estimate of drug-likeness (QED) is 0.377. The third-order valence-corrected chi connectivity index (χ3v) is 5.70. The van der Waals surface area contributed by atoms with Crippen LogP contribution in [0.3, 0.4) is 0 Å². The van der Waals surface area contributed by atoms with Gasteiger partial charge in [-0.3, -0.25) is 4.79 Å². The fourth-order valence-electron chi connectivity index (χ4n) is 2.88. The minimum atomic E-state index is -4.69. The highest BCUT2D eigenvalue weighted by Crippen LogP contribution is 2.33. The lowest BCUT2D eigenvalue weighted by molar-refractivity contribution is -0.141. The van der Waals surface area contributed by atoms with Gasteiger partial charge in [0, 0.05) is 17.0 Å². The molecule has 0 bridgehead atoms. The Morgan fingerprint density at radius 3 is 2.58 bits per heavy atom. The van der Waals surface area contributed by atoms with Gasteiger partial charge in [-0.15, -0.1) is 11.3 Å². The molecule has 4 aromatic rings. The number of hydrogen-bond donors (Lipinski definition) is 1. The summed E-state index contributed by atoms with van der Waals surface area (Å²) in [5, 5.41) is 9.03. The van der Waals surface area contributed by atoms with Gasteiger partial charge in [0.2, 0.25) is 5.88 Å². The topological polar surface area (TPSA) is 69.0 Å². The third kappa shape index (κ3) is 5.52. The fourth-order valence-corrected chi connectivity index (χ4v) is 3.92. The molecule has 33 heavy (non-hydrogen) atoms. The van der Waals surface area contributed by atoms with E-state index in [4.69, 9.17) is 16.3 Å². The molecule has 0 saturated heterocycles. The maximum atomic E-state index is 13.2. The van der Waals surface area contributed by atoms with E-state index in [1.807, 2.05) is 35.7 Å². The zero-order chi connectivity index (χ0) is 23.4. The SMILES string of the molecule is O=C(COc1cc(C(F)(F)F)nn1-c1ccccc1Cl)NCc1csc(-c2ccccc2)n1. The van der Waals surface area contributed by atoms with Crippen molar-refractivity contribution in [1.82, 2.24) is 20.1 Å². The van der Waals surface area contributed by atoms with Crippen molar-refractivity contribution < 1.29 is 22.7 Å². The monoisotopic (exact) mass is 492 g/mol. The summed E-state index contributed by atoms with van der Waals surface area (Å²) >= 11 is 7.54. The van der Waals surface area contributed by atoms with Gasteiger partial charge in [-0.05, 0) is 12.1 Å². The first kappa shape index (κ1) is 22.8. The van der Waals surface area contributed by atoms with Crippen LogP contribution < -0.4 is 10.1 Å². The van der Waals surface area contributed by atoms with Crippen LogP contribution in [0.15, 0.2) is 66.0 Å². The number of alkyl halides is 3. The van der Waals surface area contributed by atoms with E-state index in [2.05, 4.69) is 15.4 Å². The summed E-state index contributed by atoms with van der Waals surface area (Å²) in [4.78, 5) is 16.7. The molecule has 0 atom stereocenters. The van der Waals surface area contributed by atoms with Gasteiger partial charge in [0.25, 0.3) is 5.91 Å². The largest absolute Gasteiger partial charge is 0.467 e. The van der Waals surface area contributed by atoms with E-state index in [0.29, 0.717) is 5.69 Å². The highest BCUT2D eigenvalue weighted by Gasteiger charge is 2.36. The lowest BCUT2D eigenvalue weighted by Gasteiger charge is -2.10. The van der Waals surface area contributed by atoms with E-state index in [9.17, 15) is 18.0 Å². The van der Waals surface area contributed by atoms with Crippen molar-refractivity contribution in [2.24, 2.45) is 0 Å². The average molecular weight is 493 g/mol. The summed E-state index contributed by atoms with van der Waals surface area (Å²) in [6.45, 7) is -0.355. The molecule has 0 aliphatic carbocycles. The van der Waals surface area contributed by atoms with Gasteiger partial charge in [-0.2, -0.15) is 23.0 Å². The normalized spacial score (nSPS) is 11.4. The van der Waals surface area contributed by atoms with Crippen LogP contribution in [0.1, 0.15) is 11.4 Å². The Morgan fingerprint density at radius 1 is 1.12 bits per heavy atom. The highest BCUT2D eigenvalue weighted by atomic mass is 35.5. The van der Waals surface area contributed by atoms with Gasteiger partial charge >= 0.3 is 6.18 Å². The maximum Gasteiger partial charge on any atom is 0.435 e. The maximum absolute atomic E-state index is 13.2. The van der Waals surface area contributed by atoms with Crippen LogP contribution in [0.4, 0.5) is 13.2 Å². The molecule has 0 aliphatic rings. The number of benzene rings is 2. The van der Waals surface area contributed by atoms with E-state index < -0.39 is 24.4 Å². The molecule has 0 fully saturated rings. The Hall–Kier alpha value is -3.37. The van der Waals surface area contributed by atoms with Crippen molar-refractivity contribution in [2.45, 2.75) is 12.7 Å². The van der Waals surface area contributed by atoms with Crippen LogP contribution in [0.25, 0.3) is 16.3 Å². The first-order chi connectivity index (χ1) is 15.8. The molecule has 6 nitrogen and oxygen atoms in total. The number of aromatic nitrogens is 3. The number of amides is 1. The number of nitrogens with zero attached hydrogens (tertiary/aromatic N) is 3. The fraction of sp³-hybridized carbons (Fsp3) is 0.136. The lowest BCUT2D eigenvalue weighted by Crippen LogP contribution is -2.28. The summed E-state index contributed by atoms with van der Waals surface area (Å²) in [7, 11) is 0. The molecule has 170 valence electrons. The predicted octanol–water partition coefficient (Wildman–Crippen LogP) is 5.36. The average Bonchev–Trinajstić information content (AvgIpc) is 3.44. The van der Waals surface area contributed by atoms with Crippen LogP contribution in [-0.2, 0) is 17.5 Å². The van der Waals surface area contributed by atoms with Crippen molar-refractivity contribution in [2.75, 3.05) is 6.61 Å². The number of rotatable bonds is 7. The Bertz CT molecular complexity index is 1260. The summed E-state index contributed by atoms with van der Waals surface area (Å²) < 4.78 is 45.8. The van der Waals surface area contributed by atoms with Gasteiger partial charge in [0.05, 0.1) is 22.9 Å². The third-order valence-electron chi connectivity index (χ3n) is 4.44. The first-order valence-corrected chi connectivity index (χ1v) is 10.9. The Labute approximate surface area is 195 Å². The van der Waals surface area contributed by atoms with Crippen LogP contribution in [0.2, 0.25) is 5.02 Å². The minimum Gasteiger partial charge on any atom is -0.467 e. The molecule has 11 heteroatoms. The second kappa shape index (κ2) is 9.63. The standard InChI is InChI=1S/C22H16ClF3N4O2S/c23-16-8-4-5-9-17(16)30-20(10-18(29-30)22(24,25)26)32-12-19(31)27-11-15-13-33-21(28-15)14-6-2-1-3-7-14/h1-10,13H,11-12H2,(H,27,31). The van der Waals surface area contributed by atoms with E-state index in [-0.39, 0.29) is 23.1 Å². The molecule has 0 aliphatic heterocycles. The second-order valence-electron chi connectivity index (χ2n) is 6.80. The summed E-state index contributed by atoms with van der Waals surface area (Å²) in [6.07, 6.45) is -4.69. The number of para-hydroxylation sites is 1. The van der Waals surface area contributed by atoms with Crippen molar-refractivity contribution in [3.05, 3.63) is 82.5 Å². The molecule has 2 heterocycles. The smallest absolute Gasteiger partial charge is 0.435 e. The van der Waals surface area contributed by atoms with Crippen LogP contribution >= 0.6 is 22.9 Å². The Morgan fingerprint density at radius 2 is 1.85 bits per heavy atom. The zero-order valence-electron chi connectivity index (χ0n) is 16.8. The molecule has 1 amide bonds. The van der Waals surface area contributed by atoms with Crippen molar-refractivity contribution in [3.8, 4) is 22.1 Å². The van der Waals surface area contributed by atoms with E-state index in [1.165, 1.54) is 23.5 Å². The Kier molecular flexibility index (Phi) is 6.66. The molecule has 0 spiro atoms. The lowest BCUT2D eigenvalue weighted by atomic mass is 10.2. The number of halogens is 4. The van der Waals surface area contributed by atoms with Crippen molar-refractivity contribution in [3.63, 3.8) is 0 Å². The van der Waals surface area contributed by atoms with E-state index >= 15 is 0 Å². The molecule has 0 unspecified atom stereocenters. The molecule has 4 rings (SSSR count). The number of thiazole rings is 1. The van der Waals surface area contributed by atoms with Crippen molar-refractivity contribution >= 4 is 28.8 Å². The summed E-state index contributed by atoms with van der Waals surface area (Å²) in [5.41, 5.74) is 0.666. The van der Waals surface area contributed by atoms with Gasteiger partial charge in [-0.1, -0.05) is 54.1 Å². The van der Waals surface area contributed by atoms with Crippen LogP contribution in [0.5, 0.6) is 5.88 Å². The van der Waals surface area contributed by atoms with Crippen LogP contribution in [-0.4, -0.2) is 27.3 Å². The molecule has 2 aromatic heterocycles. The molecule has 2 aromatic carbocycles. The van der Waals surface area contributed by atoms with Gasteiger partial charge < -0.3 is 10.1 Å². The number of ether oxygens (including phenoxy) is 1. The zero-order valence-corrected chi connectivity index (χ0v) is 18.4. The number of carbonyl (C=O) groups is 1. The van der Waals surface area contributed by atoms with Crippen molar-refractivity contribution in [1.29, 1.82) is 0 Å². The molecule has 1 N–H and O–H groups in total. The molecule has 0 saturated carbocycles. The molecule has 0 radical (unpaired) electrons. The van der Waals surface area contributed by atoms with E-state index in [0.717, 1.165) is 21.3 Å². The number of carbonyl (C=O) groups excluding carboxylic acids is 1.